The molecule has 0 radical (unpaired) electrons. The maximum absolute atomic E-state index is 11.2. The lowest BCUT2D eigenvalue weighted by Gasteiger charge is -2.36. The number of hydrogen-bond acceptors (Lipinski definition) is 4. The molecular weight excluding hydrogens is 244 g/mol. The van der Waals surface area contributed by atoms with E-state index in [0.29, 0.717) is 18.7 Å². The van der Waals surface area contributed by atoms with E-state index in [0.717, 1.165) is 25.2 Å². The Balaban J connectivity index is 1.98. The first kappa shape index (κ1) is 13.8. The topological polar surface area (TPSA) is 62.7 Å². The van der Waals surface area contributed by atoms with Crippen molar-refractivity contribution in [1.29, 1.82) is 0 Å². The maximum Gasteiger partial charge on any atom is 0.309 e. The van der Waals surface area contributed by atoms with Gasteiger partial charge in [0.25, 0.3) is 0 Å². The highest BCUT2D eigenvalue weighted by Gasteiger charge is 2.36. The molecule has 0 aromatic carbocycles. The molecule has 0 unspecified atom stereocenters. The first-order chi connectivity index (χ1) is 9.05. The molecule has 5 nitrogen and oxygen atoms in total. The Morgan fingerprint density at radius 2 is 2.21 bits per heavy atom. The monoisotopic (exact) mass is 264 g/mol. The van der Waals surface area contributed by atoms with Crippen LogP contribution in [0.4, 0.5) is 0 Å². The van der Waals surface area contributed by atoms with Gasteiger partial charge in [-0.3, -0.25) is 9.69 Å². The summed E-state index contributed by atoms with van der Waals surface area (Å²) in [5.41, 5.74) is 0.471. The van der Waals surface area contributed by atoms with Crippen molar-refractivity contribution >= 4 is 5.97 Å². The van der Waals surface area contributed by atoms with Gasteiger partial charge in [-0.15, -0.1) is 0 Å². The predicted octanol–water partition coefficient (Wildman–Crippen LogP) is 1.78. The van der Waals surface area contributed by atoms with E-state index in [4.69, 9.17) is 4.74 Å². The van der Waals surface area contributed by atoms with E-state index < -0.39 is 11.4 Å². The standard InChI is InChI=1S/C14H20N2O3/c1-14(13(17)18)5-8-16(9-6-14)10-11-4-3-7-15-12(11)19-2/h3-4,7H,5-6,8-10H2,1-2H3,(H,17,18). The van der Waals surface area contributed by atoms with E-state index in [1.54, 1.807) is 13.3 Å². The smallest absolute Gasteiger partial charge is 0.309 e. The summed E-state index contributed by atoms with van der Waals surface area (Å²) in [5.74, 6) is -0.0415. The van der Waals surface area contributed by atoms with Gasteiger partial charge in [0, 0.05) is 18.3 Å². The van der Waals surface area contributed by atoms with Gasteiger partial charge >= 0.3 is 5.97 Å². The number of piperidine rings is 1. The number of carboxylic acid groups (broad SMARTS) is 1. The first-order valence-electron chi connectivity index (χ1n) is 6.49. The lowest BCUT2D eigenvalue weighted by molar-refractivity contribution is -0.150. The number of likely N-dealkylation sites (tertiary alicyclic amines) is 1. The molecule has 0 bridgehead atoms. The van der Waals surface area contributed by atoms with Crippen molar-refractivity contribution in [3.63, 3.8) is 0 Å². The minimum absolute atomic E-state index is 0.574. The van der Waals surface area contributed by atoms with Gasteiger partial charge in [0.1, 0.15) is 0 Å². The van der Waals surface area contributed by atoms with Crippen molar-refractivity contribution in [2.24, 2.45) is 5.41 Å². The second-order valence-electron chi connectivity index (χ2n) is 5.31. The molecule has 0 amide bonds. The highest BCUT2D eigenvalue weighted by atomic mass is 16.5. The van der Waals surface area contributed by atoms with Crippen molar-refractivity contribution in [3.8, 4) is 5.88 Å². The van der Waals surface area contributed by atoms with E-state index >= 15 is 0 Å². The van der Waals surface area contributed by atoms with E-state index in [9.17, 15) is 9.90 Å². The lowest BCUT2D eigenvalue weighted by Crippen LogP contribution is -2.42. The average Bonchev–Trinajstić information content (AvgIpc) is 2.42. The number of carbonyl (C=O) groups is 1. The Hall–Kier alpha value is -1.62. The number of methoxy groups -OCH3 is 1. The maximum atomic E-state index is 11.2. The Kier molecular flexibility index (Phi) is 4.04. The third kappa shape index (κ3) is 3.04. The molecule has 5 heteroatoms. The van der Waals surface area contributed by atoms with Crippen LogP contribution in [0.1, 0.15) is 25.3 Å². The molecular formula is C14H20N2O3. The van der Waals surface area contributed by atoms with Crippen LogP contribution in [0.3, 0.4) is 0 Å². The van der Waals surface area contributed by atoms with Crippen molar-refractivity contribution in [1.82, 2.24) is 9.88 Å². The highest BCUT2D eigenvalue weighted by molar-refractivity contribution is 5.74. The average molecular weight is 264 g/mol. The zero-order valence-corrected chi connectivity index (χ0v) is 11.4. The highest BCUT2D eigenvalue weighted by Crippen LogP contribution is 2.32. The molecule has 104 valence electrons. The number of ether oxygens (including phenoxy) is 1. The number of pyridine rings is 1. The van der Waals surface area contributed by atoms with Gasteiger partial charge < -0.3 is 9.84 Å². The van der Waals surface area contributed by atoms with Crippen LogP contribution in [0, 0.1) is 5.41 Å². The summed E-state index contributed by atoms with van der Waals surface area (Å²) in [4.78, 5) is 17.6. The van der Waals surface area contributed by atoms with E-state index in [-0.39, 0.29) is 0 Å². The second kappa shape index (κ2) is 5.57. The summed E-state index contributed by atoms with van der Waals surface area (Å²) in [6.45, 7) is 4.17. The third-order valence-corrected chi connectivity index (χ3v) is 3.91. The normalized spacial score (nSPS) is 19.1. The van der Waals surface area contributed by atoms with Crippen molar-refractivity contribution in [3.05, 3.63) is 23.9 Å². The molecule has 0 aliphatic carbocycles. The van der Waals surface area contributed by atoms with Gasteiger partial charge in [0.15, 0.2) is 0 Å². The minimum atomic E-state index is -0.689. The van der Waals surface area contributed by atoms with E-state index in [2.05, 4.69) is 9.88 Å². The summed E-state index contributed by atoms with van der Waals surface area (Å²) < 4.78 is 5.23. The van der Waals surface area contributed by atoms with Gasteiger partial charge in [-0.2, -0.15) is 0 Å². The predicted molar refractivity (Wildman–Crippen MR) is 71.0 cm³/mol. The number of nitrogens with zero attached hydrogens (tertiary/aromatic N) is 2. The Bertz CT molecular complexity index is 454. The summed E-state index contributed by atoms with van der Waals surface area (Å²) in [5, 5.41) is 9.21. The van der Waals surface area contributed by atoms with Crippen LogP contribution in [-0.2, 0) is 11.3 Å². The van der Waals surface area contributed by atoms with Gasteiger partial charge in [0.05, 0.1) is 12.5 Å². The van der Waals surface area contributed by atoms with Gasteiger partial charge in [-0.1, -0.05) is 6.07 Å². The van der Waals surface area contributed by atoms with Crippen LogP contribution < -0.4 is 4.74 Å². The fourth-order valence-corrected chi connectivity index (χ4v) is 2.39. The summed E-state index contributed by atoms with van der Waals surface area (Å²) >= 11 is 0. The first-order valence-corrected chi connectivity index (χ1v) is 6.49. The molecule has 1 fully saturated rings. The summed E-state index contributed by atoms with van der Waals surface area (Å²) in [6, 6.07) is 3.89. The van der Waals surface area contributed by atoms with Gasteiger partial charge in [-0.25, -0.2) is 4.98 Å². The molecule has 2 rings (SSSR count). The fraction of sp³-hybridized carbons (Fsp3) is 0.571. The molecule has 1 aromatic rings. The van der Waals surface area contributed by atoms with Crippen LogP contribution in [0.2, 0.25) is 0 Å². The van der Waals surface area contributed by atoms with Crippen LogP contribution in [0.5, 0.6) is 5.88 Å². The molecule has 19 heavy (non-hydrogen) atoms. The minimum Gasteiger partial charge on any atom is -0.481 e. The lowest BCUT2D eigenvalue weighted by atomic mass is 9.80. The van der Waals surface area contributed by atoms with E-state index in [1.165, 1.54) is 0 Å². The largest absolute Gasteiger partial charge is 0.481 e. The fourth-order valence-electron chi connectivity index (χ4n) is 2.39. The Labute approximate surface area is 113 Å². The van der Waals surface area contributed by atoms with Crippen LogP contribution in [0.25, 0.3) is 0 Å². The summed E-state index contributed by atoms with van der Waals surface area (Å²) in [7, 11) is 1.61. The van der Waals surface area contributed by atoms with Crippen molar-refractivity contribution in [2.45, 2.75) is 26.3 Å². The molecule has 0 saturated carbocycles. The second-order valence-corrected chi connectivity index (χ2v) is 5.31. The number of rotatable bonds is 4. The molecule has 1 aliphatic heterocycles. The van der Waals surface area contributed by atoms with Crippen LogP contribution >= 0.6 is 0 Å². The number of carboxylic acids is 1. The molecule has 1 N–H and O–H groups in total. The van der Waals surface area contributed by atoms with Gasteiger partial charge in [-0.05, 0) is 38.9 Å². The Morgan fingerprint density at radius 1 is 1.53 bits per heavy atom. The van der Waals surface area contributed by atoms with Crippen molar-refractivity contribution < 1.29 is 14.6 Å². The number of hydrogen-bond donors (Lipinski definition) is 1. The molecule has 0 spiro atoms. The van der Waals surface area contributed by atoms with Crippen molar-refractivity contribution in [2.75, 3.05) is 20.2 Å². The zero-order chi connectivity index (χ0) is 13.9. The Morgan fingerprint density at radius 3 is 2.79 bits per heavy atom. The number of aliphatic carboxylic acids is 1. The SMILES string of the molecule is COc1ncccc1CN1CCC(C)(C(=O)O)CC1. The molecule has 0 atom stereocenters. The molecule has 2 heterocycles. The summed E-state index contributed by atoms with van der Waals surface area (Å²) in [6.07, 6.45) is 3.08. The zero-order valence-electron chi connectivity index (χ0n) is 11.4. The molecule has 1 saturated heterocycles. The van der Waals surface area contributed by atoms with Crippen LogP contribution in [-0.4, -0.2) is 41.2 Å². The third-order valence-electron chi connectivity index (χ3n) is 3.91. The molecule has 1 aliphatic rings. The van der Waals surface area contributed by atoms with E-state index in [1.807, 2.05) is 19.1 Å². The van der Waals surface area contributed by atoms with Gasteiger partial charge in [0.2, 0.25) is 5.88 Å². The molecule has 1 aromatic heterocycles. The number of aromatic nitrogens is 1. The van der Waals surface area contributed by atoms with Crippen LogP contribution in [0.15, 0.2) is 18.3 Å². The quantitative estimate of drug-likeness (QED) is 0.898.